The molecule has 0 bridgehead atoms. The van der Waals surface area contributed by atoms with Crippen molar-refractivity contribution in [1.82, 2.24) is 10.3 Å². The molecule has 1 aliphatic heterocycles. The molecule has 5 nitrogen and oxygen atoms in total. The molecule has 0 aliphatic carbocycles. The summed E-state index contributed by atoms with van der Waals surface area (Å²) in [5.41, 5.74) is 5.53. The van der Waals surface area contributed by atoms with E-state index in [9.17, 15) is 4.79 Å². The molecule has 90 valence electrons. The van der Waals surface area contributed by atoms with E-state index in [0.29, 0.717) is 19.5 Å². The average molecular weight is 263 g/mol. The van der Waals surface area contributed by atoms with Gasteiger partial charge in [0.1, 0.15) is 0 Å². The summed E-state index contributed by atoms with van der Waals surface area (Å²) in [4.78, 5) is 18.7. The van der Waals surface area contributed by atoms with E-state index < -0.39 is 0 Å². The van der Waals surface area contributed by atoms with Crippen LogP contribution in [0.3, 0.4) is 0 Å². The lowest BCUT2D eigenvalue weighted by Gasteiger charge is -2.17. The highest BCUT2D eigenvalue weighted by molar-refractivity contribution is 7.15. The number of nitrogens with one attached hydrogen (secondary N) is 1. The molecule has 1 aliphatic rings. The van der Waals surface area contributed by atoms with Crippen LogP contribution in [0.4, 0.5) is 5.13 Å². The summed E-state index contributed by atoms with van der Waals surface area (Å²) in [6.45, 7) is 2.78. The minimum Gasteiger partial charge on any atom is -0.354 e. The first-order valence-corrected chi connectivity index (χ1v) is 5.77. The van der Waals surface area contributed by atoms with Crippen molar-refractivity contribution in [2.45, 2.75) is 13.0 Å². The van der Waals surface area contributed by atoms with Crippen molar-refractivity contribution in [3.63, 3.8) is 0 Å². The number of aromatic nitrogens is 1. The Morgan fingerprint density at radius 3 is 3.06 bits per heavy atom. The number of hydrogen-bond acceptors (Lipinski definition) is 5. The Kier molecular flexibility index (Phi) is 4.98. The van der Waals surface area contributed by atoms with Crippen molar-refractivity contribution in [1.29, 1.82) is 0 Å². The highest BCUT2D eigenvalue weighted by Crippen LogP contribution is 2.22. The first-order valence-electron chi connectivity index (χ1n) is 4.96. The molecule has 1 aromatic heterocycles. The molecule has 1 saturated heterocycles. The summed E-state index contributed by atoms with van der Waals surface area (Å²) in [5, 5.41) is 3.80. The third-order valence-electron chi connectivity index (χ3n) is 2.33. The lowest BCUT2D eigenvalue weighted by molar-refractivity contribution is -0.120. The Labute approximate surface area is 104 Å². The number of carbonyl (C=O) groups is 1. The predicted octanol–water partition coefficient (Wildman–Crippen LogP) is 0.350. The van der Waals surface area contributed by atoms with Gasteiger partial charge in [0.05, 0.1) is 0 Å². The Morgan fingerprint density at radius 1 is 1.56 bits per heavy atom. The molecule has 16 heavy (non-hydrogen) atoms. The first-order chi connectivity index (χ1) is 7.29. The van der Waals surface area contributed by atoms with E-state index in [2.05, 4.69) is 15.2 Å². The lowest BCUT2D eigenvalue weighted by Crippen LogP contribution is -2.28. The molecular weight excluding hydrogens is 248 g/mol. The average Bonchev–Trinajstić information content (AvgIpc) is 2.62. The van der Waals surface area contributed by atoms with Crippen LogP contribution in [0.15, 0.2) is 6.20 Å². The van der Waals surface area contributed by atoms with Crippen molar-refractivity contribution in [3.05, 3.63) is 11.1 Å². The first kappa shape index (κ1) is 13.2. The topological polar surface area (TPSA) is 71.2 Å². The van der Waals surface area contributed by atoms with E-state index in [1.807, 2.05) is 0 Å². The van der Waals surface area contributed by atoms with Gasteiger partial charge in [-0.05, 0) is 0 Å². The summed E-state index contributed by atoms with van der Waals surface area (Å²) in [5.74, 6) is 0.119. The summed E-state index contributed by atoms with van der Waals surface area (Å²) < 4.78 is 0. The number of hydrogen-bond donors (Lipinski definition) is 2. The van der Waals surface area contributed by atoms with Crippen LogP contribution in [-0.2, 0) is 11.3 Å². The van der Waals surface area contributed by atoms with Gasteiger partial charge in [0, 0.05) is 43.7 Å². The minimum absolute atomic E-state index is 0. The maximum atomic E-state index is 11.1. The number of rotatable bonds is 2. The second-order valence-electron chi connectivity index (χ2n) is 3.40. The van der Waals surface area contributed by atoms with Gasteiger partial charge < -0.3 is 16.0 Å². The Morgan fingerprint density at radius 2 is 2.38 bits per heavy atom. The second kappa shape index (κ2) is 6.03. The van der Waals surface area contributed by atoms with Gasteiger partial charge >= 0.3 is 0 Å². The molecule has 0 atom stereocenters. The van der Waals surface area contributed by atoms with Crippen LogP contribution >= 0.6 is 23.7 Å². The van der Waals surface area contributed by atoms with E-state index >= 15 is 0 Å². The normalized spacial score (nSPS) is 16.3. The molecule has 3 N–H and O–H groups in total. The van der Waals surface area contributed by atoms with Crippen molar-refractivity contribution >= 4 is 34.8 Å². The summed E-state index contributed by atoms with van der Waals surface area (Å²) in [6, 6.07) is 0. The fourth-order valence-electron chi connectivity index (χ4n) is 1.50. The molecule has 1 aromatic rings. The van der Waals surface area contributed by atoms with Crippen molar-refractivity contribution in [3.8, 4) is 0 Å². The number of thiazole rings is 1. The monoisotopic (exact) mass is 262 g/mol. The van der Waals surface area contributed by atoms with Crippen LogP contribution in [0.1, 0.15) is 11.3 Å². The van der Waals surface area contributed by atoms with Crippen LogP contribution in [0.2, 0.25) is 0 Å². The standard InChI is InChI=1S/C9H14N4OS.ClH/c10-5-7-6-12-9(15-7)13-3-1-8(14)11-2-4-13;/h6H,1-5,10H2,(H,11,14);1H. The van der Waals surface area contributed by atoms with Gasteiger partial charge in [0.15, 0.2) is 5.13 Å². The molecule has 1 fully saturated rings. The smallest absolute Gasteiger partial charge is 0.221 e. The van der Waals surface area contributed by atoms with Crippen LogP contribution in [0.5, 0.6) is 0 Å². The third kappa shape index (κ3) is 3.07. The van der Waals surface area contributed by atoms with Gasteiger partial charge in [-0.15, -0.1) is 23.7 Å². The molecule has 2 heterocycles. The molecule has 2 rings (SSSR count). The summed E-state index contributed by atoms with van der Waals surface area (Å²) >= 11 is 1.60. The molecular formula is C9H15ClN4OS. The summed E-state index contributed by atoms with van der Waals surface area (Å²) in [7, 11) is 0. The number of nitrogens with two attached hydrogens (primary N) is 1. The Bertz CT molecular complexity index is 357. The molecule has 0 saturated carbocycles. The van der Waals surface area contributed by atoms with Gasteiger partial charge in [-0.1, -0.05) is 0 Å². The third-order valence-corrected chi connectivity index (χ3v) is 3.41. The van der Waals surface area contributed by atoms with Crippen LogP contribution in [0.25, 0.3) is 0 Å². The minimum atomic E-state index is 0. The molecule has 0 aromatic carbocycles. The zero-order valence-electron chi connectivity index (χ0n) is 8.81. The molecule has 0 unspecified atom stereocenters. The number of halogens is 1. The Balaban J connectivity index is 0.00000128. The van der Waals surface area contributed by atoms with E-state index in [1.165, 1.54) is 0 Å². The maximum Gasteiger partial charge on any atom is 0.221 e. The van der Waals surface area contributed by atoms with Crippen LogP contribution in [0, 0.1) is 0 Å². The lowest BCUT2D eigenvalue weighted by atomic mass is 10.4. The zero-order chi connectivity index (χ0) is 10.7. The fraction of sp³-hybridized carbons (Fsp3) is 0.556. The number of anilines is 1. The van der Waals surface area contributed by atoms with E-state index in [4.69, 9.17) is 5.73 Å². The van der Waals surface area contributed by atoms with Gasteiger partial charge in [-0.2, -0.15) is 0 Å². The second-order valence-corrected chi connectivity index (χ2v) is 4.49. The number of nitrogens with zero attached hydrogens (tertiary/aromatic N) is 2. The van der Waals surface area contributed by atoms with Crippen molar-refractivity contribution in [2.75, 3.05) is 24.5 Å². The van der Waals surface area contributed by atoms with Gasteiger partial charge in [0.25, 0.3) is 0 Å². The molecule has 7 heteroatoms. The van der Waals surface area contributed by atoms with Crippen molar-refractivity contribution in [2.24, 2.45) is 5.73 Å². The van der Waals surface area contributed by atoms with Gasteiger partial charge in [-0.25, -0.2) is 4.98 Å². The van der Waals surface area contributed by atoms with Crippen LogP contribution in [-0.4, -0.2) is 30.5 Å². The van der Waals surface area contributed by atoms with E-state index in [-0.39, 0.29) is 18.3 Å². The largest absolute Gasteiger partial charge is 0.354 e. The highest BCUT2D eigenvalue weighted by Gasteiger charge is 2.15. The van der Waals surface area contributed by atoms with E-state index in [1.54, 1.807) is 17.5 Å². The SMILES string of the molecule is Cl.NCc1cnc(N2CCNC(=O)CC2)s1. The predicted molar refractivity (Wildman–Crippen MR) is 67.1 cm³/mol. The van der Waals surface area contributed by atoms with Gasteiger partial charge in [-0.3, -0.25) is 4.79 Å². The number of carbonyl (C=O) groups excluding carboxylic acids is 1. The fourth-order valence-corrected chi connectivity index (χ4v) is 2.34. The molecule has 0 radical (unpaired) electrons. The van der Waals surface area contributed by atoms with Crippen LogP contribution < -0.4 is 16.0 Å². The zero-order valence-corrected chi connectivity index (χ0v) is 10.4. The highest BCUT2D eigenvalue weighted by atomic mass is 35.5. The maximum absolute atomic E-state index is 11.1. The number of amides is 1. The molecule has 0 spiro atoms. The quantitative estimate of drug-likeness (QED) is 0.807. The summed E-state index contributed by atoms with van der Waals surface area (Å²) in [6.07, 6.45) is 2.34. The van der Waals surface area contributed by atoms with Crippen molar-refractivity contribution < 1.29 is 4.79 Å². The van der Waals surface area contributed by atoms with E-state index in [0.717, 1.165) is 23.1 Å². The van der Waals surface area contributed by atoms with Gasteiger partial charge in [0.2, 0.25) is 5.91 Å². The Hall–Kier alpha value is -0.850. The molecule has 1 amide bonds.